The topological polar surface area (TPSA) is 74.6 Å². The average Bonchev–Trinajstić information content (AvgIpc) is 2.28. The fourth-order valence-electron chi connectivity index (χ4n) is 1.26. The predicted molar refractivity (Wildman–Crippen MR) is 55.7 cm³/mol. The molecule has 0 saturated heterocycles. The lowest BCUT2D eigenvalue weighted by Gasteiger charge is -2.17. The lowest BCUT2D eigenvalue weighted by Crippen LogP contribution is -2.29. The number of aliphatic hydroxyl groups excluding tert-OH is 2. The maximum atomic E-state index is 9.77. The van der Waals surface area contributed by atoms with Gasteiger partial charge in [-0.1, -0.05) is 0 Å². The number of ether oxygens (including phenoxy) is 1. The van der Waals surface area contributed by atoms with Gasteiger partial charge in [-0.15, -0.1) is 0 Å². The van der Waals surface area contributed by atoms with E-state index in [1.54, 1.807) is 19.2 Å². The molecule has 1 aromatic heterocycles. The molecule has 0 saturated carbocycles. The molecule has 0 bridgehead atoms. The Hall–Kier alpha value is -1.17. The highest BCUT2D eigenvalue weighted by molar-refractivity contribution is 5.23. The highest BCUT2D eigenvalue weighted by Gasteiger charge is 2.17. The first-order valence-corrected chi connectivity index (χ1v) is 4.69. The summed E-state index contributed by atoms with van der Waals surface area (Å²) in [6.07, 6.45) is -0.250. The number of likely N-dealkylation sites (N-methyl/N-ethyl adjacent to an activating group) is 1. The van der Waals surface area contributed by atoms with Crippen LogP contribution in [0.5, 0.6) is 5.88 Å². The van der Waals surface area contributed by atoms with E-state index in [1.807, 2.05) is 0 Å². The van der Waals surface area contributed by atoms with Crippen molar-refractivity contribution in [2.45, 2.75) is 12.2 Å². The van der Waals surface area contributed by atoms with Crippen LogP contribution in [0.4, 0.5) is 0 Å². The molecule has 0 aliphatic heterocycles. The Labute approximate surface area is 88.7 Å². The quantitative estimate of drug-likeness (QED) is 0.625. The lowest BCUT2D eigenvalue weighted by atomic mass is 10.1. The summed E-state index contributed by atoms with van der Waals surface area (Å²) in [5, 5.41) is 22.1. The van der Waals surface area contributed by atoms with Crippen molar-refractivity contribution in [3.8, 4) is 5.88 Å². The molecule has 1 rings (SSSR count). The van der Waals surface area contributed by atoms with Crippen molar-refractivity contribution in [3.63, 3.8) is 0 Å². The molecule has 0 aliphatic carbocycles. The van der Waals surface area contributed by atoms with Gasteiger partial charge in [0.25, 0.3) is 0 Å². The molecule has 0 radical (unpaired) electrons. The van der Waals surface area contributed by atoms with Gasteiger partial charge >= 0.3 is 0 Å². The highest BCUT2D eigenvalue weighted by Crippen LogP contribution is 2.19. The number of aliphatic hydroxyl groups is 2. The Morgan fingerprint density at radius 2 is 2.27 bits per heavy atom. The van der Waals surface area contributed by atoms with E-state index in [2.05, 4.69) is 10.3 Å². The SMILES string of the molecule is CNCC(O)C(O)c1ccnc(OC)c1. The van der Waals surface area contributed by atoms with Crippen LogP contribution < -0.4 is 10.1 Å². The van der Waals surface area contributed by atoms with E-state index < -0.39 is 12.2 Å². The number of methoxy groups -OCH3 is 1. The predicted octanol–water partition coefficient (Wildman–Crippen LogP) is -0.296. The largest absolute Gasteiger partial charge is 0.481 e. The summed E-state index contributed by atoms with van der Waals surface area (Å²) in [6.45, 7) is 0.325. The molecule has 0 aliphatic rings. The fourth-order valence-corrected chi connectivity index (χ4v) is 1.26. The molecule has 3 N–H and O–H groups in total. The van der Waals surface area contributed by atoms with Gasteiger partial charge in [0.1, 0.15) is 6.10 Å². The zero-order valence-electron chi connectivity index (χ0n) is 8.84. The molecular weight excluding hydrogens is 196 g/mol. The Kier molecular flexibility index (Phi) is 4.48. The van der Waals surface area contributed by atoms with Crippen LogP contribution in [-0.4, -0.2) is 42.0 Å². The van der Waals surface area contributed by atoms with Gasteiger partial charge in [-0.05, 0) is 18.7 Å². The summed E-state index contributed by atoms with van der Waals surface area (Å²) >= 11 is 0. The second kappa shape index (κ2) is 5.65. The molecule has 0 aromatic carbocycles. The molecule has 1 heterocycles. The van der Waals surface area contributed by atoms with Gasteiger partial charge in [-0.2, -0.15) is 0 Å². The maximum Gasteiger partial charge on any atom is 0.213 e. The third kappa shape index (κ3) is 3.16. The molecule has 2 atom stereocenters. The Morgan fingerprint density at radius 3 is 2.87 bits per heavy atom. The van der Waals surface area contributed by atoms with E-state index in [0.717, 1.165) is 0 Å². The Bertz CT molecular complexity index is 306. The maximum absolute atomic E-state index is 9.77. The van der Waals surface area contributed by atoms with Crippen LogP contribution >= 0.6 is 0 Å². The zero-order valence-corrected chi connectivity index (χ0v) is 8.84. The van der Waals surface area contributed by atoms with Crippen molar-refractivity contribution in [2.24, 2.45) is 0 Å². The summed E-state index contributed by atoms with van der Waals surface area (Å²) in [5.74, 6) is 0.420. The fraction of sp³-hybridized carbons (Fsp3) is 0.500. The van der Waals surface area contributed by atoms with Crippen LogP contribution in [-0.2, 0) is 0 Å². The summed E-state index contributed by atoms with van der Waals surface area (Å²) in [5.41, 5.74) is 0.588. The monoisotopic (exact) mass is 212 g/mol. The van der Waals surface area contributed by atoms with E-state index in [9.17, 15) is 10.2 Å². The van der Waals surface area contributed by atoms with E-state index in [4.69, 9.17) is 4.74 Å². The van der Waals surface area contributed by atoms with Crippen LogP contribution in [0.25, 0.3) is 0 Å². The van der Waals surface area contributed by atoms with E-state index in [1.165, 1.54) is 13.3 Å². The van der Waals surface area contributed by atoms with Crippen molar-refractivity contribution in [1.82, 2.24) is 10.3 Å². The minimum Gasteiger partial charge on any atom is -0.481 e. The Morgan fingerprint density at radius 1 is 1.53 bits per heavy atom. The second-order valence-corrected chi connectivity index (χ2v) is 3.20. The van der Waals surface area contributed by atoms with Crippen molar-refractivity contribution in [3.05, 3.63) is 23.9 Å². The molecule has 5 nitrogen and oxygen atoms in total. The molecule has 0 spiro atoms. The third-order valence-electron chi connectivity index (χ3n) is 2.09. The molecule has 0 fully saturated rings. The number of rotatable bonds is 5. The van der Waals surface area contributed by atoms with E-state index in [0.29, 0.717) is 18.0 Å². The first kappa shape index (κ1) is 11.9. The number of aromatic nitrogens is 1. The van der Waals surface area contributed by atoms with Gasteiger partial charge in [-0.3, -0.25) is 0 Å². The number of nitrogens with zero attached hydrogens (tertiary/aromatic N) is 1. The number of pyridine rings is 1. The summed E-state index contributed by atoms with van der Waals surface area (Å²) in [4.78, 5) is 3.92. The van der Waals surface area contributed by atoms with Crippen molar-refractivity contribution in [2.75, 3.05) is 20.7 Å². The number of hydrogen-bond donors (Lipinski definition) is 3. The average molecular weight is 212 g/mol. The van der Waals surface area contributed by atoms with Crippen LogP contribution in [0.1, 0.15) is 11.7 Å². The van der Waals surface area contributed by atoms with Gasteiger partial charge < -0.3 is 20.3 Å². The van der Waals surface area contributed by atoms with Crippen molar-refractivity contribution < 1.29 is 14.9 Å². The molecule has 0 amide bonds. The molecule has 15 heavy (non-hydrogen) atoms. The van der Waals surface area contributed by atoms with Crippen LogP contribution in [0.3, 0.4) is 0 Å². The molecule has 5 heteroatoms. The van der Waals surface area contributed by atoms with Crippen molar-refractivity contribution >= 4 is 0 Å². The van der Waals surface area contributed by atoms with Crippen LogP contribution in [0.15, 0.2) is 18.3 Å². The van der Waals surface area contributed by atoms with Crippen LogP contribution in [0, 0.1) is 0 Å². The smallest absolute Gasteiger partial charge is 0.213 e. The summed E-state index contributed by atoms with van der Waals surface area (Å²) < 4.78 is 4.93. The van der Waals surface area contributed by atoms with Crippen LogP contribution in [0.2, 0.25) is 0 Å². The summed E-state index contributed by atoms with van der Waals surface area (Å²) in [6, 6.07) is 3.25. The standard InChI is InChI=1S/C10H16N2O3/c1-11-6-8(13)10(14)7-3-4-12-9(5-7)15-2/h3-5,8,10-11,13-14H,6H2,1-2H3. The first-order valence-electron chi connectivity index (χ1n) is 4.69. The molecule has 84 valence electrons. The molecular formula is C10H16N2O3. The third-order valence-corrected chi connectivity index (χ3v) is 2.09. The normalized spacial score (nSPS) is 14.7. The van der Waals surface area contributed by atoms with Gasteiger partial charge in [0.2, 0.25) is 5.88 Å². The van der Waals surface area contributed by atoms with Gasteiger partial charge in [-0.25, -0.2) is 4.98 Å². The number of nitrogens with one attached hydrogen (secondary N) is 1. The van der Waals surface area contributed by atoms with Crippen molar-refractivity contribution in [1.29, 1.82) is 0 Å². The minimum absolute atomic E-state index is 0.325. The second-order valence-electron chi connectivity index (χ2n) is 3.20. The lowest BCUT2D eigenvalue weighted by molar-refractivity contribution is 0.0201. The Balaban J connectivity index is 2.76. The zero-order chi connectivity index (χ0) is 11.3. The van der Waals surface area contributed by atoms with Gasteiger partial charge in [0.15, 0.2) is 0 Å². The van der Waals surface area contributed by atoms with E-state index >= 15 is 0 Å². The molecule has 2 unspecified atom stereocenters. The van der Waals surface area contributed by atoms with Gasteiger partial charge in [0, 0.05) is 18.8 Å². The van der Waals surface area contributed by atoms with Gasteiger partial charge in [0.05, 0.1) is 13.2 Å². The summed E-state index contributed by atoms with van der Waals surface area (Å²) in [7, 11) is 3.21. The first-order chi connectivity index (χ1) is 7.19. The number of hydrogen-bond acceptors (Lipinski definition) is 5. The van der Waals surface area contributed by atoms with E-state index in [-0.39, 0.29) is 0 Å². The molecule has 1 aromatic rings. The minimum atomic E-state index is -0.936. The highest BCUT2D eigenvalue weighted by atomic mass is 16.5.